The molecule has 7 N–H and O–H groups in total. The predicted molar refractivity (Wildman–Crippen MR) is 98.0 cm³/mol. The van der Waals surface area contributed by atoms with Gasteiger partial charge in [0.05, 0.1) is 12.6 Å². The first-order chi connectivity index (χ1) is 12.6. The predicted octanol–water partition coefficient (Wildman–Crippen LogP) is -1.88. The Kier molecular flexibility index (Phi) is 11.8. The van der Waals surface area contributed by atoms with E-state index in [-0.39, 0.29) is 19.3 Å². The van der Waals surface area contributed by atoms with Crippen LogP contribution in [-0.2, 0) is 24.0 Å². The lowest BCUT2D eigenvalue weighted by Gasteiger charge is -2.20. The summed E-state index contributed by atoms with van der Waals surface area (Å²) in [7, 11) is 0. The van der Waals surface area contributed by atoms with Crippen LogP contribution in [0.1, 0.15) is 26.2 Å². The van der Waals surface area contributed by atoms with E-state index >= 15 is 0 Å². The molecule has 27 heavy (non-hydrogen) atoms. The monoisotopic (exact) mass is 406 g/mol. The third kappa shape index (κ3) is 11.1. The molecule has 0 aromatic rings. The van der Waals surface area contributed by atoms with E-state index in [1.165, 1.54) is 18.7 Å². The molecular weight excluding hydrogens is 380 g/mol. The van der Waals surface area contributed by atoms with Crippen molar-refractivity contribution in [2.75, 3.05) is 18.6 Å². The van der Waals surface area contributed by atoms with E-state index < -0.39 is 54.3 Å². The highest BCUT2D eigenvalue weighted by molar-refractivity contribution is 7.98. The molecule has 0 fully saturated rings. The molecule has 0 saturated carbocycles. The number of carboxylic acids is 2. The minimum absolute atomic E-state index is 0.0759. The maximum atomic E-state index is 12.2. The van der Waals surface area contributed by atoms with Crippen LogP contribution in [0.25, 0.3) is 0 Å². The third-order valence-corrected chi connectivity index (χ3v) is 4.06. The van der Waals surface area contributed by atoms with Gasteiger partial charge in [-0.2, -0.15) is 11.8 Å². The number of nitrogens with two attached hydrogens (primary N) is 1. The van der Waals surface area contributed by atoms with Crippen molar-refractivity contribution in [3.63, 3.8) is 0 Å². The summed E-state index contributed by atoms with van der Waals surface area (Å²) < 4.78 is 0. The smallest absolute Gasteiger partial charge is 0.325 e. The van der Waals surface area contributed by atoms with Crippen LogP contribution >= 0.6 is 11.8 Å². The van der Waals surface area contributed by atoms with Crippen molar-refractivity contribution in [3.8, 4) is 0 Å². The molecule has 0 aliphatic rings. The first-order valence-corrected chi connectivity index (χ1v) is 9.54. The zero-order valence-electron chi connectivity index (χ0n) is 15.2. The van der Waals surface area contributed by atoms with Gasteiger partial charge in [-0.25, -0.2) is 0 Å². The van der Waals surface area contributed by atoms with Gasteiger partial charge in [-0.3, -0.25) is 24.0 Å². The van der Waals surface area contributed by atoms with Crippen LogP contribution in [0.3, 0.4) is 0 Å². The van der Waals surface area contributed by atoms with Gasteiger partial charge in [0, 0.05) is 6.42 Å². The molecule has 0 aromatic heterocycles. The number of carbonyl (C=O) groups is 5. The number of amides is 3. The second-order valence-electron chi connectivity index (χ2n) is 5.73. The highest BCUT2D eigenvalue weighted by Gasteiger charge is 2.24. The van der Waals surface area contributed by atoms with Crippen molar-refractivity contribution >= 4 is 41.4 Å². The Morgan fingerprint density at radius 3 is 2.19 bits per heavy atom. The van der Waals surface area contributed by atoms with Gasteiger partial charge in [-0.1, -0.05) is 0 Å². The summed E-state index contributed by atoms with van der Waals surface area (Å²) in [6, 6.07) is -3.13. The van der Waals surface area contributed by atoms with Crippen molar-refractivity contribution in [2.45, 2.75) is 44.3 Å². The van der Waals surface area contributed by atoms with Crippen LogP contribution in [-0.4, -0.2) is 76.6 Å². The fraction of sp³-hybridized carbons (Fsp3) is 0.667. The second-order valence-corrected chi connectivity index (χ2v) is 6.71. The summed E-state index contributed by atoms with van der Waals surface area (Å²) >= 11 is 1.45. The summed E-state index contributed by atoms with van der Waals surface area (Å²) in [5.74, 6) is -3.73. The van der Waals surface area contributed by atoms with Crippen LogP contribution in [0, 0.1) is 0 Å². The van der Waals surface area contributed by atoms with Crippen molar-refractivity contribution in [2.24, 2.45) is 5.73 Å². The highest BCUT2D eigenvalue weighted by Crippen LogP contribution is 2.03. The van der Waals surface area contributed by atoms with Gasteiger partial charge in [0.25, 0.3) is 0 Å². The number of aliphatic carboxylic acids is 2. The van der Waals surface area contributed by atoms with E-state index in [4.69, 9.17) is 15.9 Å². The van der Waals surface area contributed by atoms with Crippen molar-refractivity contribution in [1.82, 2.24) is 16.0 Å². The number of hydrogen-bond acceptors (Lipinski definition) is 7. The standard InChI is InChI=1S/C15H26N4O7S/c1-8(15(25)26)18-11(20)7-17-14(24)10(5-6-27-2)19-13(23)9(16)3-4-12(21)22/h8-10H,3-7,16H2,1-2H3,(H,17,24)(H,18,20)(H,19,23)(H,21,22)(H,25,26). The van der Waals surface area contributed by atoms with Crippen molar-refractivity contribution < 1.29 is 34.2 Å². The molecule has 0 spiro atoms. The summed E-state index contributed by atoms with van der Waals surface area (Å²) in [5, 5.41) is 24.3. The molecule has 0 bridgehead atoms. The second kappa shape index (κ2) is 12.9. The van der Waals surface area contributed by atoms with Crippen LogP contribution in [0.5, 0.6) is 0 Å². The number of thioether (sulfide) groups is 1. The molecule has 3 atom stereocenters. The Labute approximate surface area is 160 Å². The average Bonchev–Trinajstić information content (AvgIpc) is 2.60. The van der Waals surface area contributed by atoms with Crippen LogP contribution in [0.4, 0.5) is 0 Å². The summed E-state index contributed by atoms with van der Waals surface area (Å²) in [6.07, 6.45) is 1.74. The SMILES string of the molecule is CSCCC(NC(=O)C(N)CCC(=O)O)C(=O)NCC(=O)NC(C)C(=O)O. The Morgan fingerprint density at radius 1 is 1.04 bits per heavy atom. The van der Waals surface area contributed by atoms with Gasteiger partial charge in [0.15, 0.2) is 0 Å². The highest BCUT2D eigenvalue weighted by atomic mass is 32.2. The Bertz CT molecular complexity index is 558. The Morgan fingerprint density at radius 2 is 1.67 bits per heavy atom. The first-order valence-electron chi connectivity index (χ1n) is 8.15. The van der Waals surface area contributed by atoms with Crippen molar-refractivity contribution in [3.05, 3.63) is 0 Å². The molecule has 0 radical (unpaired) electrons. The molecular formula is C15H26N4O7S. The van der Waals surface area contributed by atoms with Gasteiger partial charge >= 0.3 is 11.9 Å². The van der Waals surface area contributed by atoms with Crippen LogP contribution < -0.4 is 21.7 Å². The maximum Gasteiger partial charge on any atom is 0.325 e. The lowest BCUT2D eigenvalue weighted by atomic mass is 10.1. The Balaban J connectivity index is 4.66. The molecule has 12 heteroatoms. The van der Waals surface area contributed by atoms with Gasteiger partial charge in [-0.05, 0) is 31.8 Å². The lowest BCUT2D eigenvalue weighted by Crippen LogP contribution is -2.53. The van der Waals surface area contributed by atoms with E-state index in [0.29, 0.717) is 5.75 Å². The lowest BCUT2D eigenvalue weighted by molar-refractivity contribution is -0.141. The summed E-state index contributed by atoms with van der Waals surface area (Å²) in [6.45, 7) is 0.829. The summed E-state index contributed by atoms with van der Waals surface area (Å²) in [5.41, 5.74) is 5.62. The van der Waals surface area contributed by atoms with Gasteiger partial charge in [0.2, 0.25) is 17.7 Å². The topological polar surface area (TPSA) is 188 Å². The summed E-state index contributed by atoms with van der Waals surface area (Å²) in [4.78, 5) is 57.1. The third-order valence-electron chi connectivity index (χ3n) is 3.42. The van der Waals surface area contributed by atoms with E-state index in [0.717, 1.165) is 0 Å². The number of carbonyl (C=O) groups excluding carboxylic acids is 3. The molecule has 154 valence electrons. The molecule has 0 aromatic carbocycles. The average molecular weight is 406 g/mol. The van der Waals surface area contributed by atoms with E-state index in [1.54, 1.807) is 0 Å². The van der Waals surface area contributed by atoms with Gasteiger partial charge < -0.3 is 31.9 Å². The fourth-order valence-electron chi connectivity index (χ4n) is 1.84. The zero-order chi connectivity index (χ0) is 21.0. The largest absolute Gasteiger partial charge is 0.481 e. The number of carboxylic acid groups (broad SMARTS) is 2. The quantitative estimate of drug-likeness (QED) is 0.203. The molecule has 11 nitrogen and oxygen atoms in total. The number of nitrogens with one attached hydrogen (secondary N) is 3. The Hall–Kier alpha value is -2.34. The van der Waals surface area contributed by atoms with Gasteiger partial charge in [-0.15, -0.1) is 0 Å². The molecule has 0 aliphatic heterocycles. The van der Waals surface area contributed by atoms with Crippen molar-refractivity contribution in [1.29, 1.82) is 0 Å². The molecule has 3 amide bonds. The number of hydrogen-bond donors (Lipinski definition) is 6. The molecule has 0 rings (SSSR count). The van der Waals surface area contributed by atoms with Crippen LogP contribution in [0.15, 0.2) is 0 Å². The zero-order valence-corrected chi connectivity index (χ0v) is 16.0. The van der Waals surface area contributed by atoms with E-state index in [1.807, 2.05) is 6.26 Å². The van der Waals surface area contributed by atoms with Gasteiger partial charge in [0.1, 0.15) is 12.1 Å². The first kappa shape index (κ1) is 24.7. The molecule has 0 saturated heterocycles. The van der Waals surface area contributed by atoms with E-state index in [2.05, 4.69) is 16.0 Å². The molecule has 0 heterocycles. The minimum Gasteiger partial charge on any atom is -0.481 e. The maximum absolute atomic E-state index is 12.2. The fourth-order valence-corrected chi connectivity index (χ4v) is 2.31. The molecule has 0 aliphatic carbocycles. The van der Waals surface area contributed by atoms with E-state index in [9.17, 15) is 24.0 Å². The number of rotatable bonds is 13. The molecule has 3 unspecified atom stereocenters. The minimum atomic E-state index is -1.21. The normalized spacial score (nSPS) is 13.7. The van der Waals surface area contributed by atoms with Crippen LogP contribution in [0.2, 0.25) is 0 Å².